The van der Waals surface area contributed by atoms with Crippen LogP contribution in [0.25, 0.3) is 0 Å². The summed E-state index contributed by atoms with van der Waals surface area (Å²) in [7, 11) is 0.299. The van der Waals surface area contributed by atoms with Crippen LogP contribution in [0, 0.1) is 0 Å². The van der Waals surface area contributed by atoms with Crippen LogP contribution in [0.1, 0.15) is 12.8 Å². The first-order valence-corrected chi connectivity index (χ1v) is 5.46. The summed E-state index contributed by atoms with van der Waals surface area (Å²) in [5.41, 5.74) is 0. The van der Waals surface area contributed by atoms with Crippen molar-refractivity contribution in [1.29, 1.82) is 0 Å². The van der Waals surface area contributed by atoms with Crippen molar-refractivity contribution in [2.24, 2.45) is 0 Å². The van der Waals surface area contributed by atoms with Crippen molar-refractivity contribution in [3.63, 3.8) is 0 Å². The topological polar surface area (TPSA) is 49.3 Å². The van der Waals surface area contributed by atoms with Crippen LogP contribution >= 0.6 is 15.9 Å². The van der Waals surface area contributed by atoms with Crippen molar-refractivity contribution < 1.29 is 9.32 Å². The molecule has 0 amide bonds. The second-order valence-electron chi connectivity index (χ2n) is 2.37. The van der Waals surface area contributed by atoms with Gasteiger partial charge < -0.3 is 5.11 Å². The van der Waals surface area contributed by atoms with Gasteiger partial charge in [-0.05, 0) is 24.0 Å². The molecule has 0 aromatic carbocycles. The van der Waals surface area contributed by atoms with E-state index in [1.807, 2.05) is 0 Å². The molecule has 0 heterocycles. The maximum absolute atomic E-state index is 11.2. The molecule has 1 aliphatic rings. The van der Waals surface area contributed by atoms with Gasteiger partial charge in [-0.3, -0.25) is 0 Å². The lowest BCUT2D eigenvalue weighted by atomic mass is 10.2. The van der Waals surface area contributed by atoms with Crippen molar-refractivity contribution in [3.8, 4) is 0 Å². The number of hydrogen-bond donors (Lipinski definition) is 2. The van der Waals surface area contributed by atoms with E-state index in [1.54, 1.807) is 13.1 Å². The van der Waals surface area contributed by atoms with Crippen LogP contribution in [0.4, 0.5) is 0 Å². The van der Waals surface area contributed by atoms with E-state index in [2.05, 4.69) is 20.7 Å². The summed E-state index contributed by atoms with van der Waals surface area (Å²) in [5, 5.41) is 9.37. The second-order valence-corrected chi connectivity index (χ2v) is 4.78. The zero-order chi connectivity index (χ0) is 9.14. The fourth-order valence-corrected chi connectivity index (χ4v) is 2.29. The summed E-state index contributed by atoms with van der Waals surface area (Å²) >= 11 is 3.31. The summed E-state index contributed by atoms with van der Waals surface area (Å²) in [6.45, 7) is 0. The molecule has 1 aliphatic carbocycles. The van der Waals surface area contributed by atoms with Gasteiger partial charge in [-0.1, -0.05) is 15.9 Å². The van der Waals surface area contributed by atoms with Gasteiger partial charge >= 0.3 is 0 Å². The highest BCUT2D eigenvalue weighted by molar-refractivity contribution is 9.11. The van der Waals surface area contributed by atoms with E-state index in [9.17, 15) is 9.32 Å². The Kier molecular flexibility index (Phi) is 3.49. The highest BCUT2D eigenvalue weighted by Gasteiger charge is 2.15. The fraction of sp³-hybridized carbons (Fsp3) is 0.429. The highest BCUT2D eigenvalue weighted by Crippen LogP contribution is 2.26. The average molecular weight is 252 g/mol. The maximum atomic E-state index is 11.2. The molecule has 2 N–H and O–H groups in total. The normalized spacial score (nSPS) is 20.7. The molecule has 0 spiro atoms. The van der Waals surface area contributed by atoms with Gasteiger partial charge in [0.2, 0.25) is 0 Å². The summed E-state index contributed by atoms with van der Waals surface area (Å²) in [6.07, 6.45) is 3.03. The Balaban J connectivity index is 2.93. The number of hydrogen-bond acceptors (Lipinski definition) is 2. The quantitative estimate of drug-likeness (QED) is 0.786. The van der Waals surface area contributed by atoms with E-state index in [0.717, 1.165) is 10.9 Å². The summed E-state index contributed by atoms with van der Waals surface area (Å²) in [6, 6.07) is 0. The van der Waals surface area contributed by atoms with Gasteiger partial charge in [-0.2, -0.15) is 0 Å². The number of aliphatic hydroxyl groups is 1. The van der Waals surface area contributed by atoms with Crippen LogP contribution in [0.15, 0.2) is 21.2 Å². The number of halogens is 1. The summed E-state index contributed by atoms with van der Waals surface area (Å²) in [5.74, 6) is 0.214. The van der Waals surface area contributed by atoms with Gasteiger partial charge in [0.15, 0.2) is 0 Å². The molecule has 1 unspecified atom stereocenters. The van der Waals surface area contributed by atoms with Crippen molar-refractivity contribution >= 4 is 26.9 Å². The van der Waals surface area contributed by atoms with Gasteiger partial charge in [0, 0.05) is 6.42 Å². The molecule has 12 heavy (non-hydrogen) atoms. The van der Waals surface area contributed by atoms with Crippen molar-refractivity contribution in [3.05, 3.63) is 21.2 Å². The van der Waals surface area contributed by atoms with Crippen LogP contribution in [-0.4, -0.2) is 16.4 Å². The minimum absolute atomic E-state index is 0.214. The predicted octanol–water partition coefficient (Wildman–Crippen LogP) is 1.71. The molecule has 3 nitrogen and oxygen atoms in total. The molecule has 1 rings (SSSR count). The zero-order valence-corrected chi connectivity index (χ0v) is 9.04. The Labute approximate surface area is 82.3 Å². The van der Waals surface area contributed by atoms with E-state index in [-0.39, 0.29) is 5.76 Å². The lowest BCUT2D eigenvalue weighted by molar-refractivity contribution is 0.385. The van der Waals surface area contributed by atoms with Gasteiger partial charge in [0.25, 0.3) is 0 Å². The minimum atomic E-state index is -1.29. The Morgan fingerprint density at radius 1 is 1.67 bits per heavy atom. The minimum Gasteiger partial charge on any atom is -0.511 e. The monoisotopic (exact) mass is 251 g/mol. The molecule has 0 aliphatic heterocycles. The first kappa shape index (κ1) is 9.95. The van der Waals surface area contributed by atoms with E-state index < -0.39 is 11.0 Å². The van der Waals surface area contributed by atoms with Crippen molar-refractivity contribution in [1.82, 2.24) is 4.72 Å². The number of aliphatic hydroxyl groups excluding tert-OH is 1. The SMILES string of the molecule is CNS(=O)C1=C(O)CCC(Br)=C1. The Morgan fingerprint density at radius 3 is 2.92 bits per heavy atom. The molecule has 1 atom stereocenters. The standard InChI is InChI=1S/C7H10BrNO2S/c1-9-12(11)7-4-5(8)2-3-6(7)10/h4,9-10H,2-3H2,1H3. The molecule has 0 aromatic heterocycles. The van der Waals surface area contributed by atoms with Gasteiger partial charge in [-0.15, -0.1) is 0 Å². The third-order valence-electron chi connectivity index (χ3n) is 1.56. The summed E-state index contributed by atoms with van der Waals surface area (Å²) in [4.78, 5) is 0.468. The largest absolute Gasteiger partial charge is 0.511 e. The Bertz CT molecular complexity index is 273. The molecule has 68 valence electrons. The van der Waals surface area contributed by atoms with Crippen LogP contribution in [0.3, 0.4) is 0 Å². The maximum Gasteiger partial charge on any atom is 0.128 e. The summed E-state index contributed by atoms with van der Waals surface area (Å²) < 4.78 is 14.8. The Hall–Kier alpha value is -0.130. The van der Waals surface area contributed by atoms with Gasteiger partial charge in [-0.25, -0.2) is 8.93 Å². The van der Waals surface area contributed by atoms with Crippen LogP contribution in [-0.2, 0) is 11.0 Å². The number of rotatable bonds is 2. The van der Waals surface area contributed by atoms with E-state index in [0.29, 0.717) is 11.3 Å². The molecule has 0 bridgehead atoms. The Morgan fingerprint density at radius 2 is 2.33 bits per heavy atom. The van der Waals surface area contributed by atoms with Gasteiger partial charge in [0.05, 0.1) is 4.91 Å². The van der Waals surface area contributed by atoms with Crippen LogP contribution < -0.4 is 4.72 Å². The first-order chi connectivity index (χ1) is 5.65. The highest BCUT2D eigenvalue weighted by atomic mass is 79.9. The number of nitrogens with one attached hydrogen (secondary N) is 1. The molecule has 0 saturated heterocycles. The molecule has 0 aromatic rings. The lowest BCUT2D eigenvalue weighted by Gasteiger charge is -2.11. The van der Waals surface area contributed by atoms with E-state index in [4.69, 9.17) is 0 Å². The molecule has 0 saturated carbocycles. The van der Waals surface area contributed by atoms with E-state index >= 15 is 0 Å². The smallest absolute Gasteiger partial charge is 0.128 e. The molecular formula is C7H10BrNO2S. The second kappa shape index (κ2) is 4.20. The number of allylic oxidation sites excluding steroid dienone is 3. The molecule has 5 heteroatoms. The zero-order valence-electron chi connectivity index (χ0n) is 6.63. The van der Waals surface area contributed by atoms with Crippen molar-refractivity contribution in [2.75, 3.05) is 7.05 Å². The fourth-order valence-electron chi connectivity index (χ4n) is 0.929. The van der Waals surface area contributed by atoms with Crippen LogP contribution in [0.2, 0.25) is 0 Å². The molecule has 0 fully saturated rings. The van der Waals surface area contributed by atoms with Crippen LogP contribution in [0.5, 0.6) is 0 Å². The molecule has 0 radical (unpaired) electrons. The van der Waals surface area contributed by atoms with Crippen molar-refractivity contribution in [2.45, 2.75) is 12.8 Å². The third kappa shape index (κ3) is 2.18. The predicted molar refractivity (Wildman–Crippen MR) is 53.1 cm³/mol. The molecular weight excluding hydrogens is 242 g/mol. The third-order valence-corrected chi connectivity index (χ3v) is 3.31. The first-order valence-electron chi connectivity index (χ1n) is 3.52. The van der Waals surface area contributed by atoms with E-state index in [1.165, 1.54) is 0 Å². The lowest BCUT2D eigenvalue weighted by Crippen LogP contribution is -2.14. The average Bonchev–Trinajstić information content (AvgIpc) is 2.08. The van der Waals surface area contributed by atoms with Gasteiger partial charge in [0.1, 0.15) is 16.7 Å².